The fraction of sp³-hybridized carbons (Fsp3) is 0.280. The van der Waals surface area contributed by atoms with Crippen LogP contribution in [0.2, 0.25) is 0 Å². The summed E-state index contributed by atoms with van der Waals surface area (Å²) in [5, 5.41) is 16.9. The van der Waals surface area contributed by atoms with Gasteiger partial charge in [0.05, 0.1) is 37.0 Å². The van der Waals surface area contributed by atoms with Gasteiger partial charge in [-0.3, -0.25) is 19.1 Å². The minimum absolute atomic E-state index is 0. The summed E-state index contributed by atoms with van der Waals surface area (Å²) in [6.07, 6.45) is 3.07. The van der Waals surface area contributed by atoms with Gasteiger partial charge in [-0.1, -0.05) is 0 Å². The van der Waals surface area contributed by atoms with Gasteiger partial charge in [0, 0.05) is 37.2 Å². The van der Waals surface area contributed by atoms with Gasteiger partial charge in [-0.15, -0.1) is 24.8 Å². The number of aliphatic hydroxyl groups excluding tert-OH is 1. The van der Waals surface area contributed by atoms with Gasteiger partial charge in [0.1, 0.15) is 5.52 Å². The number of aromatic nitrogens is 5. The quantitative estimate of drug-likeness (QED) is 0.319. The number of hydrogen-bond donors (Lipinski definition) is 3. The van der Waals surface area contributed by atoms with Crippen LogP contribution in [0.15, 0.2) is 47.5 Å². The van der Waals surface area contributed by atoms with Crippen molar-refractivity contribution in [2.45, 2.75) is 31.5 Å². The number of halogens is 2. The van der Waals surface area contributed by atoms with E-state index in [4.69, 9.17) is 9.47 Å². The molecule has 1 aliphatic carbocycles. The van der Waals surface area contributed by atoms with E-state index in [1.165, 1.54) is 17.9 Å². The molecule has 4 aromatic rings. The lowest BCUT2D eigenvalue weighted by molar-refractivity contribution is -0.118. The third-order valence-corrected chi connectivity index (χ3v) is 6.47. The van der Waals surface area contributed by atoms with E-state index in [1.807, 2.05) is 12.1 Å². The van der Waals surface area contributed by atoms with Gasteiger partial charge in [0.15, 0.2) is 23.8 Å². The number of carbonyl (C=O) groups is 1. The summed E-state index contributed by atoms with van der Waals surface area (Å²) in [6, 6.07) is 8.62. The van der Waals surface area contributed by atoms with Crippen LogP contribution in [-0.2, 0) is 24.2 Å². The second-order valence-corrected chi connectivity index (χ2v) is 8.88. The normalized spacial score (nSPS) is 17.5. The van der Waals surface area contributed by atoms with Crippen molar-refractivity contribution in [2.24, 2.45) is 0 Å². The molecule has 1 amide bonds. The minimum atomic E-state index is -0.672. The molecule has 2 unspecified atom stereocenters. The Morgan fingerprint density at radius 3 is 2.79 bits per heavy atom. The minimum Gasteiger partial charge on any atom is -0.481 e. The van der Waals surface area contributed by atoms with Crippen LogP contribution in [0.5, 0.6) is 11.6 Å². The number of ether oxygens (including phenoxy) is 2. The van der Waals surface area contributed by atoms with Crippen molar-refractivity contribution in [2.75, 3.05) is 19.0 Å². The zero-order valence-electron chi connectivity index (χ0n) is 20.7. The number of anilines is 1. The second-order valence-electron chi connectivity index (χ2n) is 8.88. The molecule has 204 valence electrons. The smallest absolute Gasteiger partial charge is 0.275 e. The molecular weight excluding hydrogens is 549 g/mol. The van der Waals surface area contributed by atoms with Crippen LogP contribution in [0.4, 0.5) is 5.82 Å². The summed E-state index contributed by atoms with van der Waals surface area (Å²) in [7, 11) is 1.51. The maximum Gasteiger partial charge on any atom is 0.275 e. The fourth-order valence-electron chi connectivity index (χ4n) is 4.61. The van der Waals surface area contributed by atoms with Crippen LogP contribution >= 0.6 is 24.8 Å². The summed E-state index contributed by atoms with van der Waals surface area (Å²) in [5.41, 5.74) is 3.51. The Morgan fingerprint density at radius 2 is 1.97 bits per heavy atom. The standard InChI is InChI=1S/C25H23N7O5.2ClH/c1-36-22-5-3-16-25(31-22)32(23(35)11-28-16)15-6-13-7-19(33)18(8-17(13)27-10-15)26-9-14-2-4-20-24(29-14)30-21(34)12-37-20;;/h2-6,10-11,18-19,26,33H,7-9,12H2,1H3,(H,29,30,34);2*1H. The Morgan fingerprint density at radius 1 is 1.13 bits per heavy atom. The average Bonchev–Trinajstić information content (AvgIpc) is 2.91. The maximum absolute atomic E-state index is 12.7. The first-order valence-electron chi connectivity index (χ1n) is 11.7. The summed E-state index contributed by atoms with van der Waals surface area (Å²) in [6.45, 7) is 0.371. The Bertz CT molecular complexity index is 1600. The highest BCUT2D eigenvalue weighted by molar-refractivity contribution is 5.94. The van der Waals surface area contributed by atoms with Crippen LogP contribution < -0.4 is 25.7 Å². The van der Waals surface area contributed by atoms with E-state index in [1.54, 1.807) is 24.4 Å². The largest absolute Gasteiger partial charge is 0.481 e. The van der Waals surface area contributed by atoms with Crippen LogP contribution in [0.25, 0.3) is 16.9 Å². The van der Waals surface area contributed by atoms with E-state index in [0.29, 0.717) is 59.4 Å². The fourth-order valence-corrected chi connectivity index (χ4v) is 4.61. The van der Waals surface area contributed by atoms with Crippen molar-refractivity contribution in [3.05, 3.63) is 70.0 Å². The average molecular weight is 574 g/mol. The molecule has 3 N–H and O–H groups in total. The number of nitrogens with one attached hydrogen (secondary N) is 2. The SMILES string of the molecule is COc1ccc2ncc(=O)n(-c3cnc4c(c3)CC(O)C(NCc3ccc5c(n3)NC(=O)CO5)C4)c2n1.Cl.Cl. The lowest BCUT2D eigenvalue weighted by atomic mass is 9.89. The summed E-state index contributed by atoms with van der Waals surface area (Å²) in [4.78, 5) is 41.9. The van der Waals surface area contributed by atoms with Gasteiger partial charge in [-0.25, -0.2) is 9.97 Å². The number of rotatable bonds is 5. The zero-order chi connectivity index (χ0) is 25.5. The van der Waals surface area contributed by atoms with E-state index in [2.05, 4.69) is 30.6 Å². The Hall–Kier alpha value is -3.84. The molecule has 0 bridgehead atoms. The van der Waals surface area contributed by atoms with Crippen molar-refractivity contribution in [1.82, 2.24) is 29.8 Å². The molecule has 0 fully saturated rings. The number of pyridine rings is 3. The lowest BCUT2D eigenvalue weighted by Gasteiger charge is -2.30. The van der Waals surface area contributed by atoms with Crippen LogP contribution in [0.1, 0.15) is 17.0 Å². The van der Waals surface area contributed by atoms with Crippen LogP contribution in [0.3, 0.4) is 0 Å². The van der Waals surface area contributed by atoms with E-state index in [0.717, 1.165) is 11.3 Å². The first-order valence-corrected chi connectivity index (χ1v) is 11.7. The van der Waals surface area contributed by atoms with Crippen molar-refractivity contribution >= 4 is 47.7 Å². The molecule has 1 aliphatic heterocycles. The number of methoxy groups -OCH3 is 1. The molecule has 14 heteroatoms. The van der Waals surface area contributed by atoms with E-state index in [9.17, 15) is 14.7 Å². The van der Waals surface area contributed by atoms with E-state index in [-0.39, 0.29) is 48.9 Å². The number of amides is 1. The summed E-state index contributed by atoms with van der Waals surface area (Å²) >= 11 is 0. The van der Waals surface area contributed by atoms with Gasteiger partial charge in [0.2, 0.25) is 5.88 Å². The summed E-state index contributed by atoms with van der Waals surface area (Å²) < 4.78 is 12.0. The number of aliphatic hydroxyl groups is 1. The first-order chi connectivity index (χ1) is 18.0. The molecule has 0 saturated carbocycles. The van der Waals surface area contributed by atoms with Crippen LogP contribution in [0, 0.1) is 0 Å². The molecule has 0 aromatic carbocycles. The second kappa shape index (κ2) is 11.5. The third-order valence-electron chi connectivity index (χ3n) is 6.47. The Labute approximate surface area is 234 Å². The lowest BCUT2D eigenvalue weighted by Crippen LogP contribution is -2.45. The van der Waals surface area contributed by atoms with E-state index >= 15 is 0 Å². The van der Waals surface area contributed by atoms with Gasteiger partial charge >= 0.3 is 0 Å². The first kappa shape index (κ1) is 28.2. The Kier molecular flexibility index (Phi) is 8.31. The molecule has 0 radical (unpaired) electrons. The number of carbonyl (C=O) groups excluding carboxylic acids is 1. The molecule has 4 aromatic heterocycles. The highest BCUT2D eigenvalue weighted by Gasteiger charge is 2.28. The number of nitrogens with zero attached hydrogens (tertiary/aromatic N) is 5. The maximum atomic E-state index is 12.7. The van der Waals surface area contributed by atoms with Crippen molar-refractivity contribution in [3.8, 4) is 17.3 Å². The third kappa shape index (κ3) is 5.50. The van der Waals surface area contributed by atoms with Crippen molar-refractivity contribution < 1.29 is 19.4 Å². The van der Waals surface area contributed by atoms with Gasteiger partial charge in [-0.05, 0) is 29.8 Å². The predicted octanol–water partition coefficient (Wildman–Crippen LogP) is 1.37. The molecule has 0 spiro atoms. The molecule has 2 atom stereocenters. The van der Waals surface area contributed by atoms with Crippen LogP contribution in [-0.4, -0.2) is 61.4 Å². The monoisotopic (exact) mass is 573 g/mol. The van der Waals surface area contributed by atoms with Crippen molar-refractivity contribution in [3.63, 3.8) is 0 Å². The van der Waals surface area contributed by atoms with Gasteiger partial charge in [-0.2, -0.15) is 4.98 Å². The molecule has 12 nitrogen and oxygen atoms in total. The molecule has 0 saturated heterocycles. The molecular formula is C25H25Cl2N7O5. The highest BCUT2D eigenvalue weighted by Crippen LogP contribution is 2.26. The molecule has 2 aliphatic rings. The number of hydrogen-bond acceptors (Lipinski definition) is 10. The van der Waals surface area contributed by atoms with E-state index < -0.39 is 6.10 Å². The predicted molar refractivity (Wildman–Crippen MR) is 146 cm³/mol. The van der Waals surface area contributed by atoms with Gasteiger partial charge in [0.25, 0.3) is 11.5 Å². The zero-order valence-corrected chi connectivity index (χ0v) is 22.3. The molecule has 39 heavy (non-hydrogen) atoms. The van der Waals surface area contributed by atoms with Gasteiger partial charge < -0.3 is 25.2 Å². The topological polar surface area (TPSA) is 153 Å². The Balaban J connectivity index is 0.00000176. The molecule has 5 heterocycles. The highest BCUT2D eigenvalue weighted by atomic mass is 35.5. The number of fused-ring (bicyclic) bond motifs is 3. The molecule has 6 rings (SSSR count). The summed E-state index contributed by atoms with van der Waals surface area (Å²) in [5.74, 6) is 1.05. The van der Waals surface area contributed by atoms with Crippen molar-refractivity contribution in [1.29, 1.82) is 0 Å².